The first kappa shape index (κ1) is 10.2. The van der Waals surface area contributed by atoms with Crippen molar-refractivity contribution in [2.24, 2.45) is 0 Å². The Hall–Kier alpha value is -1.89. The van der Waals surface area contributed by atoms with E-state index >= 15 is 0 Å². The summed E-state index contributed by atoms with van der Waals surface area (Å²) in [5.41, 5.74) is 0.736. The van der Waals surface area contributed by atoms with Gasteiger partial charge in [-0.25, -0.2) is 4.39 Å². The third kappa shape index (κ3) is 2.07. The second-order valence-corrected chi connectivity index (χ2v) is 2.93. The zero-order chi connectivity index (χ0) is 10.7. The van der Waals surface area contributed by atoms with E-state index < -0.39 is 11.8 Å². The van der Waals surface area contributed by atoms with Crippen LogP contribution in [0.15, 0.2) is 12.1 Å². The Morgan fingerprint density at radius 2 is 2.29 bits per heavy atom. The number of rotatable bonds is 2. The first-order chi connectivity index (χ1) is 6.54. The minimum Gasteiger partial charge on any atom is -0.481 e. The predicted molar refractivity (Wildman–Crippen MR) is 47.2 cm³/mol. The number of nitrogens with zero attached hydrogens (tertiary/aromatic N) is 1. The van der Waals surface area contributed by atoms with Crippen molar-refractivity contribution in [2.45, 2.75) is 13.3 Å². The Balaban J connectivity index is 3.18. The summed E-state index contributed by atoms with van der Waals surface area (Å²) >= 11 is 0. The van der Waals surface area contributed by atoms with Gasteiger partial charge in [-0.3, -0.25) is 4.79 Å². The summed E-state index contributed by atoms with van der Waals surface area (Å²) in [4.78, 5) is 10.4. The number of carboxylic acid groups (broad SMARTS) is 1. The van der Waals surface area contributed by atoms with Gasteiger partial charge in [0.25, 0.3) is 0 Å². The summed E-state index contributed by atoms with van der Waals surface area (Å²) in [6.45, 7) is 1.48. The lowest BCUT2D eigenvalue weighted by Gasteiger charge is -2.02. The van der Waals surface area contributed by atoms with Gasteiger partial charge in [-0.15, -0.1) is 0 Å². The van der Waals surface area contributed by atoms with Crippen molar-refractivity contribution in [3.05, 3.63) is 34.6 Å². The van der Waals surface area contributed by atoms with Crippen molar-refractivity contribution < 1.29 is 14.3 Å². The topological polar surface area (TPSA) is 61.1 Å². The number of aliphatic carboxylic acids is 1. The van der Waals surface area contributed by atoms with E-state index in [4.69, 9.17) is 10.4 Å². The minimum absolute atomic E-state index is 0.182. The van der Waals surface area contributed by atoms with Gasteiger partial charge < -0.3 is 5.11 Å². The molecule has 0 aliphatic heterocycles. The van der Waals surface area contributed by atoms with Gasteiger partial charge in [0, 0.05) is 5.56 Å². The molecular formula is C10H8FNO2. The Kier molecular flexibility index (Phi) is 2.82. The lowest BCUT2D eigenvalue weighted by molar-refractivity contribution is -0.136. The second-order valence-electron chi connectivity index (χ2n) is 2.93. The molecule has 0 aromatic heterocycles. The molecule has 0 heterocycles. The van der Waals surface area contributed by atoms with Crippen molar-refractivity contribution >= 4 is 5.97 Å². The molecule has 0 atom stereocenters. The van der Waals surface area contributed by atoms with Gasteiger partial charge in [-0.05, 0) is 24.6 Å². The van der Waals surface area contributed by atoms with Crippen LogP contribution in [0.2, 0.25) is 0 Å². The van der Waals surface area contributed by atoms with E-state index in [1.807, 2.05) is 6.07 Å². The maximum absolute atomic E-state index is 13.1. The predicted octanol–water partition coefficient (Wildman–Crippen LogP) is 1.63. The molecule has 3 nitrogen and oxygen atoms in total. The summed E-state index contributed by atoms with van der Waals surface area (Å²) in [7, 11) is 0. The molecule has 72 valence electrons. The lowest BCUT2D eigenvalue weighted by atomic mass is 10.0. The van der Waals surface area contributed by atoms with Crippen molar-refractivity contribution in [1.29, 1.82) is 5.26 Å². The zero-order valence-electron chi connectivity index (χ0n) is 7.54. The third-order valence-corrected chi connectivity index (χ3v) is 1.88. The van der Waals surface area contributed by atoms with Gasteiger partial charge in [0.2, 0.25) is 0 Å². The van der Waals surface area contributed by atoms with Crippen LogP contribution in [0, 0.1) is 24.1 Å². The molecule has 0 amide bonds. The summed E-state index contributed by atoms with van der Waals surface area (Å²) in [6.07, 6.45) is -0.272. The Bertz CT molecular complexity index is 421. The molecule has 0 saturated heterocycles. The van der Waals surface area contributed by atoms with Crippen molar-refractivity contribution in [3.8, 4) is 6.07 Å². The fourth-order valence-corrected chi connectivity index (χ4v) is 1.13. The third-order valence-electron chi connectivity index (χ3n) is 1.88. The van der Waals surface area contributed by atoms with Crippen molar-refractivity contribution in [3.63, 3.8) is 0 Å². The molecule has 1 rings (SSSR count). The highest BCUT2D eigenvalue weighted by atomic mass is 19.1. The van der Waals surface area contributed by atoms with Crippen LogP contribution >= 0.6 is 0 Å². The fourth-order valence-electron chi connectivity index (χ4n) is 1.13. The highest BCUT2D eigenvalue weighted by Crippen LogP contribution is 2.15. The molecule has 0 aliphatic rings. The molecule has 1 N–H and O–H groups in total. The number of benzene rings is 1. The van der Waals surface area contributed by atoms with Crippen LogP contribution < -0.4 is 0 Å². The van der Waals surface area contributed by atoms with Crippen molar-refractivity contribution in [2.75, 3.05) is 0 Å². The molecule has 0 unspecified atom stereocenters. The van der Waals surface area contributed by atoms with Crippen LogP contribution in [0.5, 0.6) is 0 Å². The van der Waals surface area contributed by atoms with Crippen LogP contribution in [0.3, 0.4) is 0 Å². The Labute approximate surface area is 80.4 Å². The van der Waals surface area contributed by atoms with Gasteiger partial charge in [-0.1, -0.05) is 0 Å². The van der Waals surface area contributed by atoms with E-state index in [9.17, 15) is 9.18 Å². The van der Waals surface area contributed by atoms with Crippen LogP contribution in [0.25, 0.3) is 0 Å². The van der Waals surface area contributed by atoms with Gasteiger partial charge in [0.15, 0.2) is 0 Å². The molecule has 14 heavy (non-hydrogen) atoms. The molecule has 0 saturated carbocycles. The normalized spacial score (nSPS) is 9.50. The van der Waals surface area contributed by atoms with E-state index in [-0.39, 0.29) is 17.5 Å². The standard InChI is InChI=1S/C10H8FNO2/c1-6-8(5-12)2-7(3-9(6)11)4-10(13)14/h2-3H,4H2,1H3,(H,13,14). The maximum Gasteiger partial charge on any atom is 0.307 e. The number of hydrogen-bond acceptors (Lipinski definition) is 2. The zero-order valence-corrected chi connectivity index (χ0v) is 7.54. The summed E-state index contributed by atoms with van der Waals surface area (Å²) in [5.74, 6) is -1.59. The fraction of sp³-hybridized carbons (Fsp3) is 0.200. The van der Waals surface area contributed by atoms with Gasteiger partial charge >= 0.3 is 5.97 Å². The molecule has 0 aliphatic carbocycles. The second kappa shape index (κ2) is 3.88. The van der Waals surface area contributed by atoms with E-state index in [2.05, 4.69) is 0 Å². The monoisotopic (exact) mass is 193 g/mol. The largest absolute Gasteiger partial charge is 0.481 e. The van der Waals surface area contributed by atoms with Gasteiger partial charge in [0.05, 0.1) is 18.1 Å². The SMILES string of the molecule is Cc1c(F)cc(CC(=O)O)cc1C#N. The number of hydrogen-bond donors (Lipinski definition) is 1. The van der Waals surface area contributed by atoms with Crippen LogP contribution in [0.1, 0.15) is 16.7 Å². The van der Waals surface area contributed by atoms with Crippen LogP contribution in [0.4, 0.5) is 4.39 Å². The summed E-state index contributed by atoms with van der Waals surface area (Å²) < 4.78 is 13.1. The quantitative estimate of drug-likeness (QED) is 0.776. The van der Waals surface area contributed by atoms with Crippen LogP contribution in [-0.2, 0) is 11.2 Å². The smallest absolute Gasteiger partial charge is 0.307 e. The minimum atomic E-state index is -1.04. The highest BCUT2D eigenvalue weighted by molar-refractivity contribution is 5.70. The van der Waals surface area contributed by atoms with E-state index in [0.29, 0.717) is 5.56 Å². The summed E-state index contributed by atoms with van der Waals surface area (Å²) in [5, 5.41) is 17.1. The summed E-state index contributed by atoms with van der Waals surface area (Å²) in [6, 6.07) is 4.36. The lowest BCUT2D eigenvalue weighted by Crippen LogP contribution is -2.02. The number of halogens is 1. The first-order valence-electron chi connectivity index (χ1n) is 3.95. The molecule has 0 radical (unpaired) electrons. The Morgan fingerprint density at radius 1 is 1.64 bits per heavy atom. The number of carboxylic acids is 1. The molecule has 0 spiro atoms. The number of carbonyl (C=O) groups is 1. The first-order valence-corrected chi connectivity index (χ1v) is 3.95. The number of nitriles is 1. The Morgan fingerprint density at radius 3 is 2.79 bits per heavy atom. The molecule has 1 aromatic carbocycles. The van der Waals surface area contributed by atoms with E-state index in [0.717, 1.165) is 6.07 Å². The molecule has 1 aromatic rings. The maximum atomic E-state index is 13.1. The highest BCUT2D eigenvalue weighted by Gasteiger charge is 2.08. The van der Waals surface area contributed by atoms with E-state index in [1.165, 1.54) is 13.0 Å². The van der Waals surface area contributed by atoms with E-state index in [1.54, 1.807) is 0 Å². The van der Waals surface area contributed by atoms with Crippen molar-refractivity contribution in [1.82, 2.24) is 0 Å². The van der Waals surface area contributed by atoms with Gasteiger partial charge in [-0.2, -0.15) is 5.26 Å². The molecule has 0 fully saturated rings. The molecular weight excluding hydrogens is 185 g/mol. The van der Waals surface area contributed by atoms with Gasteiger partial charge in [0.1, 0.15) is 5.82 Å². The van der Waals surface area contributed by atoms with Crippen LogP contribution in [-0.4, -0.2) is 11.1 Å². The average Bonchev–Trinajstić information content (AvgIpc) is 2.10. The molecule has 0 bridgehead atoms. The average molecular weight is 193 g/mol. The molecule has 4 heteroatoms.